The lowest BCUT2D eigenvalue weighted by Crippen LogP contribution is -2.37. The fourth-order valence-corrected chi connectivity index (χ4v) is 6.03. The lowest BCUT2D eigenvalue weighted by atomic mass is 10.1. The summed E-state index contributed by atoms with van der Waals surface area (Å²) < 4.78 is 67.9. The number of benzene rings is 2. The van der Waals surface area contributed by atoms with Crippen LogP contribution in [0.2, 0.25) is 4.34 Å². The van der Waals surface area contributed by atoms with Crippen LogP contribution >= 0.6 is 22.9 Å². The van der Waals surface area contributed by atoms with Crippen molar-refractivity contribution in [1.29, 1.82) is 0 Å². The molecule has 2 aromatic heterocycles. The van der Waals surface area contributed by atoms with E-state index in [4.69, 9.17) is 32.0 Å². The van der Waals surface area contributed by atoms with Crippen LogP contribution in [0.4, 0.5) is 19.0 Å². The van der Waals surface area contributed by atoms with E-state index in [1.807, 2.05) is 36.4 Å². The number of nitrogens with two attached hydrogens (primary N) is 1. The first kappa shape index (κ1) is 32.7. The molecule has 0 unspecified atom stereocenters. The van der Waals surface area contributed by atoms with Gasteiger partial charge in [-0.1, -0.05) is 41.9 Å². The highest BCUT2D eigenvalue weighted by Crippen LogP contribution is 2.35. The third-order valence-electron chi connectivity index (χ3n) is 5.45. The van der Waals surface area contributed by atoms with Gasteiger partial charge in [0.15, 0.2) is 5.82 Å². The smallest absolute Gasteiger partial charge is 0.490 e. The average molecular weight is 648 g/mol. The monoisotopic (exact) mass is 647 g/mol. The second kappa shape index (κ2) is 13.4. The number of nitrogens with one attached hydrogen (secondary N) is 2. The number of hydrogen-bond acceptors (Lipinski definition) is 8. The third kappa shape index (κ3) is 8.34. The summed E-state index contributed by atoms with van der Waals surface area (Å²) in [4.78, 5) is 20.7. The molecule has 4 rings (SSSR count). The summed E-state index contributed by atoms with van der Waals surface area (Å²) in [5.41, 5.74) is 8.13. The minimum absolute atomic E-state index is 0.0849. The molecule has 0 saturated carbocycles. The second-order valence-electron chi connectivity index (χ2n) is 8.65. The Morgan fingerprint density at radius 3 is 2.38 bits per heavy atom. The lowest BCUT2D eigenvalue weighted by molar-refractivity contribution is -0.192. The summed E-state index contributed by atoms with van der Waals surface area (Å²) in [5, 5.41) is 15.0. The Labute approximate surface area is 247 Å². The number of aromatic nitrogens is 2. The molecule has 0 fully saturated rings. The van der Waals surface area contributed by atoms with E-state index in [0.717, 1.165) is 22.5 Å². The Morgan fingerprint density at radius 2 is 1.81 bits per heavy atom. The van der Waals surface area contributed by atoms with Gasteiger partial charge in [0.05, 0.1) is 34.9 Å². The minimum Gasteiger partial charge on any atom is -0.496 e. The maximum absolute atomic E-state index is 13.0. The fourth-order valence-electron chi connectivity index (χ4n) is 3.54. The molecule has 0 aliphatic heterocycles. The molecule has 0 aliphatic rings. The van der Waals surface area contributed by atoms with Crippen molar-refractivity contribution >= 4 is 61.6 Å². The fraction of sp³-hybridized carbons (Fsp3) is 0.240. The van der Waals surface area contributed by atoms with E-state index < -0.39 is 28.2 Å². The van der Waals surface area contributed by atoms with E-state index >= 15 is 0 Å². The molecule has 0 aliphatic carbocycles. The standard InChI is InChI=1S/C23H24ClN5O4S2.C2HF3O2/c1-14(25)23(30)26-12-15-5-3-6-16(11-15)13-29-17-7-4-8-18(33-2)21(17)22(27-29)28-35(31,32)20-10-9-19(24)34-20;3-2(4,5)1(6)7/h3-11,14H,12-13,25H2,1-2H3,(H,26,30)(H,27,28);(H,6,7)/t14-;/m0./s1. The van der Waals surface area contributed by atoms with Gasteiger partial charge in [-0.3, -0.25) is 14.2 Å². The summed E-state index contributed by atoms with van der Waals surface area (Å²) in [6.07, 6.45) is -5.08. The van der Waals surface area contributed by atoms with E-state index in [9.17, 15) is 26.4 Å². The number of anilines is 1. The molecule has 4 aromatic rings. The molecule has 11 nitrogen and oxygen atoms in total. The molecule has 2 aromatic carbocycles. The van der Waals surface area contributed by atoms with Gasteiger partial charge >= 0.3 is 12.1 Å². The number of alkyl halides is 3. The van der Waals surface area contributed by atoms with E-state index in [1.165, 1.54) is 19.2 Å². The Morgan fingerprint density at radius 1 is 1.17 bits per heavy atom. The van der Waals surface area contributed by atoms with Crippen molar-refractivity contribution in [1.82, 2.24) is 15.1 Å². The largest absolute Gasteiger partial charge is 0.496 e. The molecule has 5 N–H and O–H groups in total. The zero-order valence-electron chi connectivity index (χ0n) is 22.0. The van der Waals surface area contributed by atoms with Gasteiger partial charge in [-0.25, -0.2) is 13.2 Å². The normalized spacial score (nSPS) is 12.3. The number of methoxy groups -OCH3 is 1. The minimum atomic E-state index is -5.08. The van der Waals surface area contributed by atoms with Crippen LogP contribution in [0.3, 0.4) is 0 Å². The molecule has 226 valence electrons. The van der Waals surface area contributed by atoms with E-state index in [1.54, 1.807) is 17.7 Å². The van der Waals surface area contributed by atoms with Crippen LogP contribution in [0.5, 0.6) is 5.75 Å². The average Bonchev–Trinajstić information content (AvgIpc) is 3.51. The molecular weight excluding hydrogens is 623 g/mol. The van der Waals surface area contributed by atoms with Crippen LogP contribution in [-0.2, 0) is 32.7 Å². The molecule has 17 heteroatoms. The summed E-state index contributed by atoms with van der Waals surface area (Å²) in [5.74, 6) is -2.35. The summed E-state index contributed by atoms with van der Waals surface area (Å²) in [6, 6.07) is 15.5. The van der Waals surface area contributed by atoms with Crippen LogP contribution < -0.4 is 20.5 Å². The third-order valence-corrected chi connectivity index (χ3v) is 8.51. The predicted octanol–water partition coefficient (Wildman–Crippen LogP) is 4.21. The number of thiophene rings is 1. The van der Waals surface area contributed by atoms with Crippen LogP contribution in [0.1, 0.15) is 18.1 Å². The summed E-state index contributed by atoms with van der Waals surface area (Å²) in [7, 11) is -2.38. The van der Waals surface area contributed by atoms with Crippen molar-refractivity contribution in [2.24, 2.45) is 5.73 Å². The predicted molar refractivity (Wildman–Crippen MR) is 151 cm³/mol. The van der Waals surface area contributed by atoms with Crippen molar-refractivity contribution in [2.75, 3.05) is 11.8 Å². The van der Waals surface area contributed by atoms with Crippen molar-refractivity contribution in [3.8, 4) is 5.75 Å². The van der Waals surface area contributed by atoms with Gasteiger partial charge in [-0.05, 0) is 42.3 Å². The van der Waals surface area contributed by atoms with Crippen LogP contribution in [0.25, 0.3) is 10.9 Å². The molecule has 0 radical (unpaired) electrons. The molecule has 0 spiro atoms. The molecule has 42 heavy (non-hydrogen) atoms. The van der Waals surface area contributed by atoms with Crippen molar-refractivity contribution in [2.45, 2.75) is 36.4 Å². The number of sulfonamides is 1. The van der Waals surface area contributed by atoms with Gasteiger partial charge in [-0.2, -0.15) is 18.3 Å². The highest BCUT2D eigenvalue weighted by atomic mass is 35.5. The maximum atomic E-state index is 13.0. The maximum Gasteiger partial charge on any atom is 0.490 e. The van der Waals surface area contributed by atoms with Gasteiger partial charge in [0.1, 0.15) is 9.96 Å². The van der Waals surface area contributed by atoms with Gasteiger partial charge in [0.2, 0.25) is 5.91 Å². The highest BCUT2D eigenvalue weighted by molar-refractivity contribution is 7.94. The van der Waals surface area contributed by atoms with E-state index in [2.05, 4.69) is 15.1 Å². The Kier molecular flexibility index (Phi) is 10.4. The molecule has 2 heterocycles. The Balaban J connectivity index is 0.000000616. The number of carboxylic acids is 1. The zero-order valence-corrected chi connectivity index (χ0v) is 24.4. The van der Waals surface area contributed by atoms with Crippen molar-refractivity contribution in [3.63, 3.8) is 0 Å². The topological polar surface area (TPSA) is 166 Å². The lowest BCUT2D eigenvalue weighted by Gasteiger charge is -2.10. The van der Waals surface area contributed by atoms with Crippen molar-refractivity contribution < 1.29 is 41.0 Å². The second-order valence-corrected chi connectivity index (χ2v) is 12.3. The number of ether oxygens (including phenoxy) is 1. The summed E-state index contributed by atoms with van der Waals surface area (Å²) in [6.45, 7) is 2.34. The van der Waals surface area contributed by atoms with Gasteiger partial charge in [0, 0.05) is 6.54 Å². The van der Waals surface area contributed by atoms with Crippen LogP contribution in [0.15, 0.2) is 58.8 Å². The van der Waals surface area contributed by atoms with Gasteiger partial charge < -0.3 is 20.9 Å². The van der Waals surface area contributed by atoms with Crippen LogP contribution in [-0.4, -0.2) is 54.5 Å². The molecule has 0 saturated heterocycles. The first-order chi connectivity index (χ1) is 19.6. The Hall–Kier alpha value is -3.86. The number of carbonyl (C=O) groups excluding carboxylic acids is 1. The van der Waals surface area contributed by atoms with Crippen molar-refractivity contribution in [3.05, 3.63) is 70.1 Å². The van der Waals surface area contributed by atoms with Crippen LogP contribution in [0, 0.1) is 0 Å². The summed E-state index contributed by atoms with van der Waals surface area (Å²) >= 11 is 6.89. The number of aliphatic carboxylic acids is 1. The number of halogens is 4. The number of carbonyl (C=O) groups is 2. The van der Waals surface area contributed by atoms with Gasteiger partial charge in [0.25, 0.3) is 10.0 Å². The number of hydrogen-bond donors (Lipinski definition) is 4. The molecule has 0 bridgehead atoms. The first-order valence-corrected chi connectivity index (χ1v) is 14.5. The number of rotatable bonds is 9. The number of amides is 1. The number of fused-ring (bicyclic) bond motifs is 1. The molecule has 1 atom stereocenters. The zero-order chi connectivity index (χ0) is 31.2. The molecule has 1 amide bonds. The first-order valence-electron chi connectivity index (χ1n) is 11.8. The number of nitrogens with zero attached hydrogens (tertiary/aromatic N) is 2. The number of carboxylic acid groups (broad SMARTS) is 1. The molecular formula is C25H25ClF3N5O6S2. The van der Waals surface area contributed by atoms with Gasteiger partial charge in [-0.15, -0.1) is 11.3 Å². The van der Waals surface area contributed by atoms with E-state index in [0.29, 0.717) is 34.1 Å². The SMILES string of the molecule is COc1cccc2c1c(NS(=O)(=O)c1ccc(Cl)s1)nn2Cc1cccc(CNC(=O)[C@H](C)N)c1.O=C(O)C(F)(F)F. The Bertz CT molecular complexity index is 1690. The quantitative estimate of drug-likeness (QED) is 0.210. The van der Waals surface area contributed by atoms with E-state index in [-0.39, 0.29) is 15.9 Å². The highest BCUT2D eigenvalue weighted by Gasteiger charge is 2.38.